The zero-order valence-electron chi connectivity index (χ0n) is 14.3. The minimum absolute atomic E-state index is 0.146. The lowest BCUT2D eigenvalue weighted by Crippen LogP contribution is -2.10. The van der Waals surface area contributed by atoms with Crippen LogP contribution in [0.15, 0.2) is 72.5 Å². The number of fused-ring (bicyclic) bond motifs is 1. The molecule has 3 aromatic rings. The van der Waals surface area contributed by atoms with Gasteiger partial charge in [0.05, 0.1) is 11.1 Å². The maximum absolute atomic E-state index is 13.7. The molecule has 3 aromatic carbocycles. The second-order valence-electron chi connectivity index (χ2n) is 6.02. The van der Waals surface area contributed by atoms with Crippen LogP contribution in [0.4, 0.5) is 4.39 Å². The molecule has 28 heavy (non-hydrogen) atoms. The first kappa shape index (κ1) is 17.9. The van der Waals surface area contributed by atoms with E-state index in [0.29, 0.717) is 10.6 Å². The van der Waals surface area contributed by atoms with Crippen LogP contribution in [0.1, 0.15) is 26.3 Å². The minimum atomic E-state index is -0.834. The number of allylic oxidation sites excluding steroid dienone is 1. The molecule has 0 amide bonds. The van der Waals surface area contributed by atoms with E-state index in [9.17, 15) is 14.0 Å². The number of rotatable bonds is 3. The maximum Gasteiger partial charge on any atom is 0.346 e. The van der Waals surface area contributed by atoms with Crippen molar-refractivity contribution in [3.63, 3.8) is 0 Å². The van der Waals surface area contributed by atoms with Gasteiger partial charge >= 0.3 is 5.97 Å². The van der Waals surface area contributed by atoms with Crippen LogP contribution in [0.5, 0.6) is 11.5 Å². The average molecular weight is 395 g/mol. The highest BCUT2D eigenvalue weighted by atomic mass is 35.5. The number of halogens is 2. The summed E-state index contributed by atoms with van der Waals surface area (Å²) in [6.45, 7) is 0. The Hall–Kier alpha value is -3.44. The lowest BCUT2D eigenvalue weighted by Gasteiger charge is -2.06. The zero-order valence-corrected chi connectivity index (χ0v) is 15.1. The molecule has 0 saturated carbocycles. The van der Waals surface area contributed by atoms with Gasteiger partial charge in [0.15, 0.2) is 5.76 Å². The fourth-order valence-corrected chi connectivity index (χ4v) is 2.86. The summed E-state index contributed by atoms with van der Waals surface area (Å²) < 4.78 is 24.5. The summed E-state index contributed by atoms with van der Waals surface area (Å²) in [5, 5.41) is 0.588. The molecule has 0 bridgehead atoms. The van der Waals surface area contributed by atoms with Crippen LogP contribution in [-0.4, -0.2) is 11.8 Å². The van der Waals surface area contributed by atoms with E-state index in [1.54, 1.807) is 30.3 Å². The van der Waals surface area contributed by atoms with Crippen LogP contribution in [-0.2, 0) is 0 Å². The van der Waals surface area contributed by atoms with Crippen molar-refractivity contribution in [3.05, 3.63) is 100 Å². The number of carbonyl (C=O) groups excluding carboxylic acids is 2. The smallest absolute Gasteiger partial charge is 0.346 e. The van der Waals surface area contributed by atoms with E-state index < -0.39 is 11.8 Å². The highest BCUT2D eigenvalue weighted by Gasteiger charge is 2.28. The molecular formula is C22H12ClFO4. The second-order valence-corrected chi connectivity index (χ2v) is 6.46. The van der Waals surface area contributed by atoms with Gasteiger partial charge in [-0.3, -0.25) is 4.79 Å². The molecule has 4 nitrogen and oxygen atoms in total. The Morgan fingerprint density at radius 3 is 2.54 bits per heavy atom. The fraction of sp³-hybridized carbons (Fsp3) is 0. The highest BCUT2D eigenvalue weighted by molar-refractivity contribution is 6.30. The van der Waals surface area contributed by atoms with E-state index in [-0.39, 0.29) is 28.6 Å². The Morgan fingerprint density at radius 2 is 1.79 bits per heavy atom. The number of hydrogen-bond acceptors (Lipinski definition) is 4. The first-order chi connectivity index (χ1) is 13.5. The molecule has 0 spiro atoms. The summed E-state index contributed by atoms with van der Waals surface area (Å²) in [5.41, 5.74) is 0.931. The topological polar surface area (TPSA) is 52.6 Å². The molecule has 0 aliphatic carbocycles. The van der Waals surface area contributed by atoms with Crippen molar-refractivity contribution < 1.29 is 23.5 Å². The molecule has 1 aliphatic heterocycles. The predicted molar refractivity (Wildman–Crippen MR) is 102 cm³/mol. The van der Waals surface area contributed by atoms with E-state index >= 15 is 0 Å². The highest BCUT2D eigenvalue weighted by Crippen LogP contribution is 2.35. The van der Waals surface area contributed by atoms with Crippen molar-refractivity contribution in [1.82, 2.24) is 0 Å². The summed E-state index contributed by atoms with van der Waals surface area (Å²) in [4.78, 5) is 24.6. The second kappa shape index (κ2) is 7.29. The van der Waals surface area contributed by atoms with Gasteiger partial charge in [-0.1, -0.05) is 35.9 Å². The number of hydrogen-bond donors (Lipinski definition) is 0. The quantitative estimate of drug-likeness (QED) is 0.343. The normalized spacial score (nSPS) is 13.9. The Balaban J connectivity index is 1.56. The molecule has 0 aromatic heterocycles. The van der Waals surface area contributed by atoms with Gasteiger partial charge in [-0.05, 0) is 48.0 Å². The number of ether oxygens (including phenoxy) is 2. The van der Waals surface area contributed by atoms with Crippen molar-refractivity contribution in [2.45, 2.75) is 0 Å². The Morgan fingerprint density at radius 1 is 1.04 bits per heavy atom. The van der Waals surface area contributed by atoms with Crippen molar-refractivity contribution >= 4 is 29.4 Å². The molecule has 4 rings (SSSR count). The molecule has 0 unspecified atom stereocenters. The summed E-state index contributed by atoms with van der Waals surface area (Å²) in [7, 11) is 0. The van der Waals surface area contributed by atoms with E-state index in [1.165, 1.54) is 42.5 Å². The van der Waals surface area contributed by atoms with Crippen LogP contribution >= 0.6 is 11.6 Å². The molecule has 0 radical (unpaired) electrons. The monoisotopic (exact) mass is 394 g/mol. The summed E-state index contributed by atoms with van der Waals surface area (Å²) in [6.07, 6.45) is 1.60. The molecule has 0 fully saturated rings. The summed E-state index contributed by atoms with van der Waals surface area (Å²) >= 11 is 5.86. The van der Waals surface area contributed by atoms with Gasteiger partial charge < -0.3 is 9.47 Å². The van der Waals surface area contributed by atoms with Crippen LogP contribution in [0.2, 0.25) is 5.02 Å². The predicted octanol–water partition coefficient (Wildman–Crippen LogP) is 5.31. The van der Waals surface area contributed by atoms with Gasteiger partial charge in [-0.15, -0.1) is 0 Å². The van der Waals surface area contributed by atoms with Gasteiger partial charge in [0.2, 0.25) is 5.78 Å². The Kier molecular flexibility index (Phi) is 4.67. The average Bonchev–Trinajstić information content (AvgIpc) is 2.99. The zero-order chi connectivity index (χ0) is 19.7. The molecule has 1 aliphatic rings. The molecule has 138 valence electrons. The Labute approximate surface area is 164 Å². The number of Topliss-reactive ketones (excluding diaryl/α,β-unsaturated/α-hetero) is 1. The first-order valence-electron chi connectivity index (χ1n) is 8.32. The molecular weight excluding hydrogens is 383 g/mol. The molecule has 0 N–H and O–H groups in total. The summed E-state index contributed by atoms with van der Waals surface area (Å²) in [6, 6.07) is 16.9. The number of esters is 1. The largest absolute Gasteiger partial charge is 0.452 e. The SMILES string of the molecule is O=C(Oc1ccc2c(c1)O/C(=C\c1ccc(Cl)cc1)C2=O)c1ccccc1F. The van der Waals surface area contributed by atoms with Crippen LogP contribution in [0.3, 0.4) is 0 Å². The number of carbonyl (C=O) groups is 2. The molecule has 1 heterocycles. The van der Waals surface area contributed by atoms with Crippen molar-refractivity contribution in [2.24, 2.45) is 0 Å². The Bertz CT molecular complexity index is 1120. The third-order valence-electron chi connectivity index (χ3n) is 4.11. The third-order valence-corrected chi connectivity index (χ3v) is 4.37. The van der Waals surface area contributed by atoms with Crippen LogP contribution in [0, 0.1) is 5.82 Å². The molecule has 0 saturated heterocycles. The molecule has 6 heteroatoms. The van der Waals surface area contributed by atoms with Gasteiger partial charge in [0.1, 0.15) is 17.3 Å². The lowest BCUT2D eigenvalue weighted by molar-refractivity contribution is 0.0729. The van der Waals surface area contributed by atoms with Gasteiger partial charge in [0.25, 0.3) is 0 Å². The molecule has 0 atom stereocenters. The number of ketones is 1. The third kappa shape index (κ3) is 3.52. The maximum atomic E-state index is 13.7. The lowest BCUT2D eigenvalue weighted by atomic mass is 10.1. The minimum Gasteiger partial charge on any atom is -0.452 e. The van der Waals surface area contributed by atoms with Gasteiger partial charge in [-0.2, -0.15) is 0 Å². The van der Waals surface area contributed by atoms with Crippen molar-refractivity contribution in [3.8, 4) is 11.5 Å². The van der Waals surface area contributed by atoms with Crippen LogP contribution in [0.25, 0.3) is 6.08 Å². The van der Waals surface area contributed by atoms with Crippen molar-refractivity contribution in [2.75, 3.05) is 0 Å². The summed E-state index contributed by atoms with van der Waals surface area (Å²) in [5.74, 6) is -1.23. The van der Waals surface area contributed by atoms with Gasteiger partial charge in [0, 0.05) is 11.1 Å². The van der Waals surface area contributed by atoms with E-state index in [2.05, 4.69) is 0 Å². The first-order valence-corrected chi connectivity index (χ1v) is 8.69. The van der Waals surface area contributed by atoms with E-state index in [0.717, 1.165) is 5.56 Å². The fourth-order valence-electron chi connectivity index (χ4n) is 2.73. The van der Waals surface area contributed by atoms with Gasteiger partial charge in [-0.25, -0.2) is 9.18 Å². The number of benzene rings is 3. The van der Waals surface area contributed by atoms with E-state index in [1.807, 2.05) is 0 Å². The van der Waals surface area contributed by atoms with E-state index in [4.69, 9.17) is 21.1 Å². The van der Waals surface area contributed by atoms with Crippen molar-refractivity contribution in [1.29, 1.82) is 0 Å². The standard InChI is InChI=1S/C22H12ClFO4/c23-14-7-5-13(6-8-14)11-20-21(25)17-10-9-15(12-19(17)28-20)27-22(26)16-3-1-2-4-18(16)24/h1-12H/b20-11-. The van der Waals surface area contributed by atoms with Crippen LogP contribution < -0.4 is 9.47 Å².